The number of rotatable bonds is 0. The fourth-order valence-electron chi connectivity index (χ4n) is 0. The average molecular weight is 415 g/mol. The van der Waals surface area contributed by atoms with E-state index >= 15 is 0 Å². The molecule has 0 aromatic carbocycles. The first-order chi connectivity index (χ1) is 6.93. The van der Waals surface area contributed by atoms with E-state index in [-0.39, 0.29) is 103 Å². The maximum Gasteiger partial charge on any atom is 3.00 e. The third kappa shape index (κ3) is 821. The van der Waals surface area contributed by atoms with Crippen LogP contribution in [0.4, 0.5) is 0 Å². The predicted octanol–water partition coefficient (Wildman–Crippen LogP) is -15.8. The molecule has 0 spiro atoms. The molecule has 0 rings (SSSR count). The minimum atomic E-state index is -2.92. The van der Waals surface area contributed by atoms with Crippen LogP contribution in [0.5, 0.6) is 0 Å². The van der Waals surface area contributed by atoms with Crippen LogP contribution in [0.15, 0.2) is 0 Å². The Morgan fingerprint density at radius 3 is 0.250 bits per heavy atom. The summed E-state index contributed by atoms with van der Waals surface area (Å²) in [5.41, 5.74) is 0. The zero-order valence-electron chi connectivity index (χ0n) is 9.52. The molecule has 0 amide bonds. The molecule has 0 aromatic rings. The topological polar surface area (TPSA) is 277 Å². The van der Waals surface area contributed by atoms with Crippen LogP contribution in [0.1, 0.15) is 0 Å². The van der Waals surface area contributed by atoms with Crippen LogP contribution in [0.2, 0.25) is 0 Å². The maximum atomic E-state index is 8.42. The van der Waals surface area contributed by atoms with Crippen molar-refractivity contribution >= 4 is 29.3 Å². The molecule has 0 atom stereocenters. The second-order valence-corrected chi connectivity index (χ2v) is 1.15. The van der Waals surface area contributed by atoms with Crippen molar-refractivity contribution in [2.75, 3.05) is 0 Å². The van der Waals surface area contributed by atoms with Crippen molar-refractivity contribution in [1.29, 1.82) is 0 Å². The van der Waals surface area contributed by atoms with Gasteiger partial charge in [0.1, 0.15) is 0 Å². The summed E-state index contributed by atoms with van der Waals surface area (Å²) in [7, 11) is -11.7. The van der Waals surface area contributed by atoms with E-state index in [1.54, 1.807) is 0 Å². The Kier molecular flexibility index (Phi) is 107. The van der Waals surface area contributed by atoms with Crippen molar-refractivity contribution in [2.45, 2.75) is 0 Å². The monoisotopic (exact) mass is 416 g/mol. The van der Waals surface area contributed by atoms with Gasteiger partial charge in [-0.25, -0.2) is 0 Å². The van der Waals surface area contributed by atoms with Gasteiger partial charge in [-0.15, -0.1) is 0 Å². The van der Waals surface area contributed by atoms with Crippen molar-refractivity contribution in [2.24, 2.45) is 0 Å². The molecule has 0 aromatic heterocycles. The molecule has 0 N–H and O–H groups in total. The SMILES string of the molecule is [O-]B([O-])[O-].[O-]B([O-])[O-].[O-]B([O-])[O-].[O-]B([O-])[O-].[Sc+3].[Sc+3].[Sc+3].[Sc+3]. The number of hydrogen-bond donors (Lipinski definition) is 0. The molecular formula is B4O12Sc4. The summed E-state index contributed by atoms with van der Waals surface area (Å²) in [6.45, 7) is 0. The molecule has 0 unspecified atom stereocenters. The quantitative estimate of drug-likeness (QED) is 0.333. The van der Waals surface area contributed by atoms with Crippen molar-refractivity contribution in [1.82, 2.24) is 0 Å². The van der Waals surface area contributed by atoms with Crippen molar-refractivity contribution in [3.05, 3.63) is 0 Å². The van der Waals surface area contributed by atoms with E-state index in [2.05, 4.69) is 0 Å². The predicted molar refractivity (Wildman–Crippen MR) is 23.0 cm³/mol. The van der Waals surface area contributed by atoms with E-state index in [1.165, 1.54) is 0 Å². The summed E-state index contributed by atoms with van der Waals surface area (Å²) >= 11 is 0. The van der Waals surface area contributed by atoms with Gasteiger partial charge in [-0.05, 0) is 0 Å². The smallest absolute Gasteiger partial charge is 0.907 e. The van der Waals surface area contributed by atoms with Crippen LogP contribution >= 0.6 is 0 Å². The van der Waals surface area contributed by atoms with Gasteiger partial charge in [0.15, 0.2) is 0 Å². The summed E-state index contributed by atoms with van der Waals surface area (Å²) in [6.07, 6.45) is 0. The minimum Gasteiger partial charge on any atom is -0.907 e. The average Bonchev–Trinajstić information content (AvgIpc) is 1.76. The van der Waals surface area contributed by atoms with Crippen LogP contribution in [0.25, 0.3) is 0 Å². The van der Waals surface area contributed by atoms with E-state index in [0.717, 1.165) is 0 Å². The summed E-state index contributed by atoms with van der Waals surface area (Å²) < 4.78 is 0. The minimum absolute atomic E-state index is 0. The second-order valence-electron chi connectivity index (χ2n) is 1.15. The van der Waals surface area contributed by atoms with Crippen LogP contribution in [-0.2, 0) is 103 Å². The van der Waals surface area contributed by atoms with Crippen molar-refractivity contribution in [3.8, 4) is 0 Å². The summed E-state index contributed by atoms with van der Waals surface area (Å²) in [5.74, 6) is 0. The molecule has 96 valence electrons. The van der Waals surface area contributed by atoms with Gasteiger partial charge in [0.2, 0.25) is 0 Å². The molecular weight excluding hydrogens is 415 g/mol. The van der Waals surface area contributed by atoms with E-state index in [0.29, 0.717) is 0 Å². The molecule has 0 bridgehead atoms. The summed E-state index contributed by atoms with van der Waals surface area (Å²) in [4.78, 5) is 0. The van der Waals surface area contributed by atoms with Gasteiger partial charge in [-0.2, -0.15) is 0 Å². The fraction of sp³-hybridized carbons (Fsp3) is 0. The third-order valence-electron chi connectivity index (χ3n) is 0. The third-order valence-corrected chi connectivity index (χ3v) is 0. The Morgan fingerprint density at radius 2 is 0.250 bits per heavy atom. The molecule has 20 heavy (non-hydrogen) atoms. The van der Waals surface area contributed by atoms with Gasteiger partial charge in [0, 0.05) is 0 Å². The Hall–Kier alpha value is 3.26. The van der Waals surface area contributed by atoms with Crippen LogP contribution in [-0.4, -0.2) is 29.3 Å². The van der Waals surface area contributed by atoms with Crippen LogP contribution in [0.3, 0.4) is 0 Å². The first-order valence-corrected chi connectivity index (χ1v) is 2.83. The fourth-order valence-corrected chi connectivity index (χ4v) is 0. The molecule has 0 heterocycles. The van der Waals surface area contributed by atoms with Crippen LogP contribution in [0, 0.1) is 0 Å². The van der Waals surface area contributed by atoms with Gasteiger partial charge >= 0.3 is 103 Å². The Bertz CT molecular complexity index is 70.4. The van der Waals surface area contributed by atoms with Crippen LogP contribution < -0.4 is 60.3 Å². The summed E-state index contributed by atoms with van der Waals surface area (Å²) in [5, 5.41) is 101. The Morgan fingerprint density at radius 1 is 0.250 bits per heavy atom. The van der Waals surface area contributed by atoms with E-state index in [4.69, 9.17) is 60.3 Å². The van der Waals surface area contributed by atoms with Gasteiger partial charge in [0.25, 0.3) is 0 Å². The van der Waals surface area contributed by atoms with Crippen molar-refractivity contribution < 1.29 is 164 Å². The molecule has 0 saturated heterocycles. The van der Waals surface area contributed by atoms with Gasteiger partial charge < -0.3 is 60.3 Å². The molecule has 0 aliphatic carbocycles. The summed E-state index contributed by atoms with van der Waals surface area (Å²) in [6, 6.07) is 0. The van der Waals surface area contributed by atoms with E-state index in [9.17, 15) is 0 Å². The van der Waals surface area contributed by atoms with Gasteiger partial charge in [-0.3, -0.25) is 29.3 Å². The molecule has 20 heteroatoms. The standard InChI is InChI=1S/4BO3.4Sc/c4*2-1(3)4;;;;/q4*-3;4*+3. The Labute approximate surface area is 190 Å². The zero-order chi connectivity index (χ0) is 14.3. The first kappa shape index (κ1) is 49.5. The molecule has 0 radical (unpaired) electrons. The maximum absolute atomic E-state index is 8.42. The first-order valence-electron chi connectivity index (χ1n) is 2.83. The molecule has 12 nitrogen and oxygen atoms in total. The molecule has 0 fully saturated rings. The number of hydrogen-bond acceptors (Lipinski definition) is 12. The largest absolute Gasteiger partial charge is 3.00 e. The molecule has 0 saturated carbocycles. The van der Waals surface area contributed by atoms with Crippen molar-refractivity contribution in [3.63, 3.8) is 0 Å². The zero-order valence-corrected chi connectivity index (χ0v) is 16.7. The van der Waals surface area contributed by atoms with Gasteiger partial charge in [0.05, 0.1) is 0 Å². The molecule has 0 aliphatic rings. The second kappa shape index (κ2) is 43.2. The Balaban J connectivity index is -0.0000000150. The van der Waals surface area contributed by atoms with E-state index < -0.39 is 29.3 Å². The van der Waals surface area contributed by atoms with Gasteiger partial charge in [-0.1, -0.05) is 0 Å². The normalized spacial score (nSPS) is 5.40. The van der Waals surface area contributed by atoms with E-state index in [1.807, 2.05) is 0 Å². The molecule has 0 aliphatic heterocycles.